The van der Waals surface area contributed by atoms with Crippen LogP contribution in [0.25, 0.3) is 0 Å². The van der Waals surface area contributed by atoms with Gasteiger partial charge in [0, 0.05) is 19.3 Å². The lowest BCUT2D eigenvalue weighted by molar-refractivity contribution is 0.124. The Hall–Kier alpha value is -0.0800. The van der Waals surface area contributed by atoms with Gasteiger partial charge in [0.1, 0.15) is 0 Å². The first kappa shape index (κ1) is 22.2. The molecular formula is C18H41NO. The van der Waals surface area contributed by atoms with Crippen molar-refractivity contribution in [2.45, 2.75) is 104 Å². The van der Waals surface area contributed by atoms with Crippen LogP contribution < -0.4 is 5.73 Å². The molecule has 0 aromatic heterocycles. The monoisotopic (exact) mass is 287 g/mol. The van der Waals surface area contributed by atoms with Crippen LogP contribution in [0.2, 0.25) is 0 Å². The van der Waals surface area contributed by atoms with Crippen molar-refractivity contribution in [3.8, 4) is 0 Å². The van der Waals surface area contributed by atoms with E-state index in [9.17, 15) is 0 Å². The third kappa shape index (κ3) is 23.0. The zero-order valence-electron chi connectivity index (χ0n) is 14.8. The highest BCUT2D eigenvalue weighted by atomic mass is 16.5. The van der Waals surface area contributed by atoms with E-state index in [-0.39, 0.29) is 6.04 Å². The van der Waals surface area contributed by atoms with Crippen LogP contribution in [0.4, 0.5) is 0 Å². The Balaban J connectivity index is 0. The van der Waals surface area contributed by atoms with Crippen molar-refractivity contribution < 1.29 is 4.74 Å². The fourth-order valence-electron chi connectivity index (χ4n) is 2.06. The van der Waals surface area contributed by atoms with E-state index < -0.39 is 0 Å². The molecule has 0 saturated carbocycles. The molecule has 2 nitrogen and oxygen atoms in total. The molecule has 0 aliphatic carbocycles. The normalized spacial score (nSPS) is 11.8. The lowest BCUT2D eigenvalue weighted by Gasteiger charge is -2.06. The molecule has 0 aliphatic heterocycles. The Labute approximate surface area is 128 Å². The Kier molecular flexibility index (Phi) is 23.6. The van der Waals surface area contributed by atoms with Crippen LogP contribution in [0.15, 0.2) is 0 Å². The maximum Gasteiger partial charge on any atom is 0.0480 e. The molecule has 1 atom stereocenters. The Bertz CT molecular complexity index is 148. The summed E-state index contributed by atoms with van der Waals surface area (Å²) in [5, 5.41) is 0. The predicted molar refractivity (Wildman–Crippen MR) is 92.3 cm³/mol. The van der Waals surface area contributed by atoms with Crippen LogP contribution in [0.1, 0.15) is 98.3 Å². The smallest absolute Gasteiger partial charge is 0.0480 e. The highest BCUT2D eigenvalue weighted by Crippen LogP contribution is 2.10. The molecule has 0 fully saturated rings. The molecule has 2 N–H and O–H groups in total. The maximum absolute atomic E-state index is 5.65. The van der Waals surface area contributed by atoms with E-state index >= 15 is 0 Å². The minimum absolute atomic E-state index is 0.276. The molecule has 0 aromatic carbocycles. The molecule has 0 heterocycles. The van der Waals surface area contributed by atoms with Crippen molar-refractivity contribution >= 4 is 0 Å². The molecule has 0 radical (unpaired) electrons. The molecule has 124 valence electrons. The highest BCUT2D eigenvalue weighted by Gasteiger charge is 1.95. The van der Waals surface area contributed by atoms with Crippen molar-refractivity contribution in [2.24, 2.45) is 5.73 Å². The summed E-state index contributed by atoms with van der Waals surface area (Å²) in [4.78, 5) is 0. The van der Waals surface area contributed by atoms with Crippen molar-refractivity contribution in [3.63, 3.8) is 0 Å². The quantitative estimate of drug-likeness (QED) is 0.417. The van der Waals surface area contributed by atoms with Gasteiger partial charge in [-0.1, -0.05) is 78.6 Å². The summed E-state index contributed by atoms with van der Waals surface area (Å²) in [7, 11) is 0. The Morgan fingerprint density at radius 1 is 0.750 bits per heavy atom. The van der Waals surface area contributed by atoms with E-state index in [1.165, 1.54) is 64.2 Å². The fraction of sp³-hybridized carbons (Fsp3) is 1.00. The minimum Gasteiger partial charge on any atom is -0.381 e. The molecule has 2 heteroatoms. The summed E-state index contributed by atoms with van der Waals surface area (Å²) in [5.41, 5.74) is 5.65. The van der Waals surface area contributed by atoms with Crippen LogP contribution in [0.3, 0.4) is 0 Å². The summed E-state index contributed by atoms with van der Waals surface area (Å²) in [6, 6.07) is 0.276. The second-order valence-electron chi connectivity index (χ2n) is 5.56. The van der Waals surface area contributed by atoms with Crippen molar-refractivity contribution in [3.05, 3.63) is 0 Å². The van der Waals surface area contributed by atoms with E-state index in [1.807, 2.05) is 20.8 Å². The average molecular weight is 288 g/mol. The Morgan fingerprint density at radius 2 is 1.20 bits per heavy atom. The number of hydrogen-bond acceptors (Lipinski definition) is 2. The van der Waals surface area contributed by atoms with E-state index in [2.05, 4.69) is 6.92 Å². The van der Waals surface area contributed by atoms with Gasteiger partial charge in [0.2, 0.25) is 0 Å². The standard InChI is InChI=1S/C16H35NO.C2H6/c1-3-4-5-6-7-8-9-10-11-12-14-18-15-13-16(2)17;1-2/h16H,3-15,17H2,1-2H3;1-2H3. The third-order valence-electron chi connectivity index (χ3n) is 3.36. The molecule has 0 aromatic rings. The zero-order chi connectivity index (χ0) is 15.5. The van der Waals surface area contributed by atoms with Gasteiger partial charge in [-0.15, -0.1) is 0 Å². The predicted octanol–water partition coefficient (Wildman–Crippen LogP) is 5.69. The number of rotatable bonds is 14. The lowest BCUT2D eigenvalue weighted by atomic mass is 10.1. The summed E-state index contributed by atoms with van der Waals surface area (Å²) < 4.78 is 5.54. The van der Waals surface area contributed by atoms with Crippen molar-refractivity contribution in [1.29, 1.82) is 0 Å². The zero-order valence-corrected chi connectivity index (χ0v) is 14.8. The molecule has 1 unspecified atom stereocenters. The van der Waals surface area contributed by atoms with Gasteiger partial charge in [-0.25, -0.2) is 0 Å². The maximum atomic E-state index is 5.65. The molecular weight excluding hydrogens is 246 g/mol. The molecule has 0 amide bonds. The van der Waals surface area contributed by atoms with Gasteiger partial charge in [0.25, 0.3) is 0 Å². The molecule has 20 heavy (non-hydrogen) atoms. The summed E-state index contributed by atoms with van der Waals surface area (Å²) in [6.07, 6.45) is 14.8. The fourth-order valence-corrected chi connectivity index (χ4v) is 2.06. The van der Waals surface area contributed by atoms with Gasteiger partial charge in [-0.2, -0.15) is 0 Å². The van der Waals surface area contributed by atoms with Crippen molar-refractivity contribution in [1.82, 2.24) is 0 Å². The van der Waals surface area contributed by atoms with Crippen LogP contribution in [0, 0.1) is 0 Å². The van der Waals surface area contributed by atoms with E-state index in [0.29, 0.717) is 0 Å². The summed E-state index contributed by atoms with van der Waals surface area (Å²) in [6.45, 7) is 10.1. The topological polar surface area (TPSA) is 35.2 Å². The first-order valence-corrected chi connectivity index (χ1v) is 9.10. The third-order valence-corrected chi connectivity index (χ3v) is 3.36. The van der Waals surface area contributed by atoms with Gasteiger partial charge >= 0.3 is 0 Å². The molecule has 0 saturated heterocycles. The highest BCUT2D eigenvalue weighted by molar-refractivity contribution is 4.51. The minimum atomic E-state index is 0.276. The lowest BCUT2D eigenvalue weighted by Crippen LogP contribution is -2.17. The number of hydrogen-bond donors (Lipinski definition) is 1. The van der Waals surface area contributed by atoms with Crippen LogP contribution >= 0.6 is 0 Å². The summed E-state index contributed by atoms with van der Waals surface area (Å²) >= 11 is 0. The van der Waals surface area contributed by atoms with Gasteiger partial charge in [-0.3, -0.25) is 0 Å². The number of nitrogens with two attached hydrogens (primary N) is 1. The average Bonchev–Trinajstić information content (AvgIpc) is 2.46. The molecule has 0 aliphatic rings. The van der Waals surface area contributed by atoms with Crippen LogP contribution in [-0.2, 0) is 4.74 Å². The Morgan fingerprint density at radius 3 is 1.65 bits per heavy atom. The number of unbranched alkanes of at least 4 members (excludes halogenated alkanes) is 9. The van der Waals surface area contributed by atoms with E-state index in [4.69, 9.17) is 10.5 Å². The van der Waals surface area contributed by atoms with Crippen molar-refractivity contribution in [2.75, 3.05) is 13.2 Å². The van der Waals surface area contributed by atoms with Crippen LogP contribution in [0.5, 0.6) is 0 Å². The van der Waals surface area contributed by atoms with Gasteiger partial charge in [0.15, 0.2) is 0 Å². The van der Waals surface area contributed by atoms with Gasteiger partial charge < -0.3 is 10.5 Å². The first-order chi connectivity index (χ1) is 9.77. The molecule has 0 spiro atoms. The number of ether oxygens (including phenoxy) is 1. The second-order valence-corrected chi connectivity index (χ2v) is 5.56. The molecule has 0 bridgehead atoms. The van der Waals surface area contributed by atoms with Gasteiger partial charge in [0.05, 0.1) is 0 Å². The summed E-state index contributed by atoms with van der Waals surface area (Å²) in [5.74, 6) is 0. The molecule has 0 rings (SSSR count). The SMILES string of the molecule is CC.CCCCCCCCCCCCOCCC(C)N. The van der Waals surface area contributed by atoms with Crippen LogP contribution in [-0.4, -0.2) is 19.3 Å². The largest absolute Gasteiger partial charge is 0.381 e. The first-order valence-electron chi connectivity index (χ1n) is 9.10. The van der Waals surface area contributed by atoms with Gasteiger partial charge in [-0.05, 0) is 19.8 Å². The van der Waals surface area contributed by atoms with E-state index in [0.717, 1.165) is 19.6 Å². The van der Waals surface area contributed by atoms with E-state index in [1.54, 1.807) is 0 Å². The second kappa shape index (κ2) is 21.2.